The molecule has 22 heavy (non-hydrogen) atoms. The van der Waals surface area contributed by atoms with E-state index in [-0.39, 0.29) is 5.91 Å². The summed E-state index contributed by atoms with van der Waals surface area (Å²) in [6.07, 6.45) is 8.68. The summed E-state index contributed by atoms with van der Waals surface area (Å²) in [5.74, 6) is 2.33. The van der Waals surface area contributed by atoms with Crippen molar-refractivity contribution in [3.63, 3.8) is 0 Å². The number of hydrogen-bond donors (Lipinski definition) is 0. The standard InChI is InChI=1S/C17H12N2OS2/c1-2-11-19-14-7-3-4-8-15(14)22-17(19)18-16(20)10-9-13-6-5-12-21-13/h1,3-10,12H,11H2/b10-9+,18-17?. The Kier molecular flexibility index (Phi) is 4.33. The number of thiazole rings is 1. The first-order valence-corrected chi connectivity index (χ1v) is 8.29. The Morgan fingerprint density at radius 2 is 2.18 bits per heavy atom. The molecule has 108 valence electrons. The van der Waals surface area contributed by atoms with Crippen LogP contribution < -0.4 is 4.80 Å². The fraction of sp³-hybridized carbons (Fsp3) is 0.0588. The highest BCUT2D eigenvalue weighted by Gasteiger charge is 2.05. The maximum Gasteiger partial charge on any atom is 0.272 e. The number of fused-ring (bicyclic) bond motifs is 1. The minimum Gasteiger partial charge on any atom is -0.305 e. The van der Waals surface area contributed by atoms with Crippen LogP contribution >= 0.6 is 22.7 Å². The lowest BCUT2D eigenvalue weighted by Gasteiger charge is -1.98. The number of benzene rings is 1. The Labute approximate surface area is 135 Å². The van der Waals surface area contributed by atoms with Crippen molar-refractivity contribution >= 4 is 44.9 Å². The molecular formula is C17H12N2OS2. The van der Waals surface area contributed by atoms with Crippen molar-refractivity contribution in [1.82, 2.24) is 4.57 Å². The van der Waals surface area contributed by atoms with Gasteiger partial charge in [0.25, 0.3) is 5.91 Å². The van der Waals surface area contributed by atoms with Gasteiger partial charge in [-0.1, -0.05) is 35.5 Å². The molecule has 5 heteroatoms. The first kappa shape index (κ1) is 14.5. The van der Waals surface area contributed by atoms with Crippen LogP contribution in [0, 0.1) is 12.3 Å². The maximum absolute atomic E-state index is 12.0. The molecule has 0 saturated heterocycles. The third kappa shape index (κ3) is 3.08. The van der Waals surface area contributed by atoms with Gasteiger partial charge in [0.05, 0.1) is 16.8 Å². The van der Waals surface area contributed by atoms with Gasteiger partial charge in [-0.15, -0.1) is 17.8 Å². The van der Waals surface area contributed by atoms with Gasteiger partial charge in [-0.3, -0.25) is 4.79 Å². The molecule has 0 fully saturated rings. The maximum atomic E-state index is 12.0. The van der Waals surface area contributed by atoms with E-state index in [1.165, 1.54) is 17.4 Å². The van der Waals surface area contributed by atoms with Gasteiger partial charge in [0.1, 0.15) is 0 Å². The molecule has 0 spiro atoms. The number of aromatic nitrogens is 1. The molecule has 0 N–H and O–H groups in total. The molecule has 0 atom stereocenters. The highest BCUT2D eigenvalue weighted by atomic mass is 32.1. The van der Waals surface area contributed by atoms with Crippen LogP contribution in [0.3, 0.4) is 0 Å². The Bertz CT molecular complexity index is 937. The van der Waals surface area contributed by atoms with E-state index in [0.29, 0.717) is 11.3 Å². The second-order valence-electron chi connectivity index (χ2n) is 4.44. The number of carbonyl (C=O) groups excluding carboxylic acids is 1. The van der Waals surface area contributed by atoms with Gasteiger partial charge in [-0.25, -0.2) is 0 Å². The Hall–Kier alpha value is -2.42. The predicted molar refractivity (Wildman–Crippen MR) is 92.6 cm³/mol. The molecule has 2 aromatic heterocycles. The minimum atomic E-state index is -0.286. The van der Waals surface area contributed by atoms with E-state index in [2.05, 4.69) is 10.9 Å². The van der Waals surface area contributed by atoms with Gasteiger partial charge < -0.3 is 4.57 Å². The molecule has 3 nitrogen and oxygen atoms in total. The molecular weight excluding hydrogens is 312 g/mol. The monoisotopic (exact) mass is 324 g/mol. The zero-order valence-electron chi connectivity index (χ0n) is 11.6. The van der Waals surface area contributed by atoms with Crippen LogP contribution in [-0.4, -0.2) is 10.5 Å². The first-order valence-electron chi connectivity index (χ1n) is 6.60. The summed E-state index contributed by atoms with van der Waals surface area (Å²) in [4.78, 5) is 17.9. The van der Waals surface area contributed by atoms with Crippen LogP contribution in [0.4, 0.5) is 0 Å². The molecule has 0 saturated carbocycles. The molecule has 0 radical (unpaired) electrons. The number of rotatable bonds is 3. The van der Waals surface area contributed by atoms with E-state index in [1.54, 1.807) is 17.4 Å². The summed E-state index contributed by atoms with van der Waals surface area (Å²) in [6, 6.07) is 11.8. The fourth-order valence-corrected chi connectivity index (χ4v) is 3.67. The van der Waals surface area contributed by atoms with Crippen LogP contribution in [0.2, 0.25) is 0 Å². The Morgan fingerprint density at radius 1 is 1.32 bits per heavy atom. The van der Waals surface area contributed by atoms with Gasteiger partial charge in [0.15, 0.2) is 4.80 Å². The van der Waals surface area contributed by atoms with Crippen molar-refractivity contribution in [2.45, 2.75) is 6.54 Å². The summed E-state index contributed by atoms with van der Waals surface area (Å²) < 4.78 is 2.95. The molecule has 0 unspecified atom stereocenters. The highest BCUT2D eigenvalue weighted by Crippen LogP contribution is 2.16. The number of hydrogen-bond acceptors (Lipinski definition) is 3. The smallest absolute Gasteiger partial charge is 0.272 e. The van der Waals surface area contributed by atoms with Crippen molar-refractivity contribution in [3.05, 3.63) is 57.5 Å². The summed E-state index contributed by atoms with van der Waals surface area (Å²) in [5.41, 5.74) is 0.999. The van der Waals surface area contributed by atoms with Crippen LogP contribution in [0.25, 0.3) is 16.3 Å². The van der Waals surface area contributed by atoms with Crippen molar-refractivity contribution in [2.75, 3.05) is 0 Å². The normalized spacial score (nSPS) is 12.0. The Morgan fingerprint density at radius 3 is 2.95 bits per heavy atom. The van der Waals surface area contributed by atoms with E-state index in [0.717, 1.165) is 15.1 Å². The van der Waals surface area contributed by atoms with Crippen molar-refractivity contribution in [2.24, 2.45) is 4.99 Å². The topological polar surface area (TPSA) is 34.4 Å². The zero-order chi connectivity index (χ0) is 15.4. The second-order valence-corrected chi connectivity index (χ2v) is 6.43. The van der Waals surface area contributed by atoms with Crippen LogP contribution in [0.5, 0.6) is 0 Å². The van der Waals surface area contributed by atoms with E-state index in [9.17, 15) is 4.79 Å². The van der Waals surface area contributed by atoms with Crippen molar-refractivity contribution in [3.8, 4) is 12.3 Å². The predicted octanol–water partition coefficient (Wildman–Crippen LogP) is 3.54. The first-order chi connectivity index (χ1) is 10.8. The lowest BCUT2D eigenvalue weighted by atomic mass is 10.3. The van der Waals surface area contributed by atoms with E-state index >= 15 is 0 Å². The molecule has 3 rings (SSSR count). The molecule has 2 heterocycles. The summed E-state index contributed by atoms with van der Waals surface area (Å²) in [5, 5.41) is 1.97. The number of carbonyl (C=O) groups is 1. The van der Waals surface area contributed by atoms with Gasteiger partial charge in [-0.2, -0.15) is 4.99 Å². The highest BCUT2D eigenvalue weighted by molar-refractivity contribution is 7.16. The van der Waals surface area contributed by atoms with Crippen LogP contribution in [0.15, 0.2) is 52.8 Å². The molecule has 1 amide bonds. The molecule has 0 aliphatic heterocycles. The molecule has 0 aliphatic carbocycles. The van der Waals surface area contributed by atoms with Crippen LogP contribution in [-0.2, 0) is 11.3 Å². The van der Waals surface area contributed by atoms with Gasteiger partial charge >= 0.3 is 0 Å². The molecule has 0 bridgehead atoms. The van der Waals surface area contributed by atoms with Gasteiger partial charge in [0, 0.05) is 11.0 Å². The van der Waals surface area contributed by atoms with E-state index < -0.39 is 0 Å². The second kappa shape index (κ2) is 6.56. The fourth-order valence-electron chi connectivity index (χ4n) is 2.02. The summed E-state index contributed by atoms with van der Waals surface area (Å²) in [7, 11) is 0. The van der Waals surface area contributed by atoms with E-state index in [1.807, 2.05) is 46.3 Å². The average molecular weight is 324 g/mol. The lowest BCUT2D eigenvalue weighted by molar-refractivity contribution is -0.113. The zero-order valence-corrected chi connectivity index (χ0v) is 13.2. The largest absolute Gasteiger partial charge is 0.305 e. The minimum absolute atomic E-state index is 0.286. The number of amides is 1. The van der Waals surface area contributed by atoms with Gasteiger partial charge in [-0.05, 0) is 29.7 Å². The third-order valence-electron chi connectivity index (χ3n) is 2.98. The molecule has 0 aliphatic rings. The molecule has 1 aromatic carbocycles. The Balaban J connectivity index is 1.99. The summed E-state index contributed by atoms with van der Waals surface area (Å²) >= 11 is 3.04. The molecule has 3 aromatic rings. The van der Waals surface area contributed by atoms with Crippen molar-refractivity contribution in [1.29, 1.82) is 0 Å². The van der Waals surface area contributed by atoms with Gasteiger partial charge in [0.2, 0.25) is 0 Å². The quantitative estimate of drug-likeness (QED) is 0.536. The number of para-hydroxylation sites is 1. The third-order valence-corrected chi connectivity index (χ3v) is 4.87. The summed E-state index contributed by atoms with van der Waals surface area (Å²) in [6.45, 7) is 0.394. The van der Waals surface area contributed by atoms with Crippen molar-refractivity contribution < 1.29 is 4.79 Å². The SMILES string of the molecule is C#CCn1c(=NC(=O)/C=C/c2cccs2)sc2ccccc21. The number of nitrogens with zero attached hydrogens (tertiary/aromatic N) is 2. The lowest BCUT2D eigenvalue weighted by Crippen LogP contribution is -2.15. The van der Waals surface area contributed by atoms with E-state index in [4.69, 9.17) is 6.42 Å². The number of thiophene rings is 1. The number of terminal acetylenes is 1. The van der Waals surface area contributed by atoms with Crippen LogP contribution in [0.1, 0.15) is 4.88 Å². The average Bonchev–Trinajstić information content (AvgIpc) is 3.14.